The van der Waals surface area contributed by atoms with Gasteiger partial charge in [0.1, 0.15) is 5.02 Å². The molecule has 0 unspecified atom stereocenters. The van der Waals surface area contributed by atoms with Crippen LogP contribution in [-0.2, 0) is 6.54 Å². The average molecular weight is 295 g/mol. The summed E-state index contributed by atoms with van der Waals surface area (Å²) in [4.78, 5) is 21.7. The van der Waals surface area contributed by atoms with Crippen LogP contribution in [0.4, 0.5) is 11.4 Å². The number of H-pyrrole nitrogens is 1. The molecule has 0 radical (unpaired) electrons. The molecule has 1 aromatic carbocycles. The van der Waals surface area contributed by atoms with Crippen molar-refractivity contribution >= 4 is 23.0 Å². The SMILES string of the molecule is Cc1c(CNc2cn[nH]c(=O)c2Cl)cccc1[N+](=O)[O-]. The summed E-state index contributed by atoms with van der Waals surface area (Å²) in [5.41, 5.74) is 1.25. The van der Waals surface area contributed by atoms with E-state index in [1.165, 1.54) is 12.3 Å². The van der Waals surface area contributed by atoms with Gasteiger partial charge in [-0.15, -0.1) is 0 Å². The Bertz CT molecular complexity index is 714. The summed E-state index contributed by atoms with van der Waals surface area (Å²) < 4.78 is 0. The van der Waals surface area contributed by atoms with E-state index in [0.717, 1.165) is 5.56 Å². The number of aromatic nitrogens is 2. The van der Waals surface area contributed by atoms with Gasteiger partial charge in [0.2, 0.25) is 0 Å². The Morgan fingerprint density at radius 3 is 2.95 bits per heavy atom. The van der Waals surface area contributed by atoms with Crippen LogP contribution in [0.1, 0.15) is 11.1 Å². The molecule has 8 heteroatoms. The van der Waals surface area contributed by atoms with E-state index in [1.807, 2.05) is 0 Å². The molecule has 2 aromatic rings. The molecule has 104 valence electrons. The van der Waals surface area contributed by atoms with Crippen molar-refractivity contribution in [1.29, 1.82) is 0 Å². The first-order chi connectivity index (χ1) is 9.50. The van der Waals surface area contributed by atoms with E-state index in [2.05, 4.69) is 15.5 Å². The van der Waals surface area contributed by atoms with Gasteiger partial charge in [-0.3, -0.25) is 14.9 Å². The Morgan fingerprint density at radius 1 is 1.50 bits per heavy atom. The van der Waals surface area contributed by atoms with Crippen LogP contribution in [0, 0.1) is 17.0 Å². The number of aromatic amines is 1. The fraction of sp³-hybridized carbons (Fsp3) is 0.167. The number of nitrogens with one attached hydrogen (secondary N) is 2. The van der Waals surface area contributed by atoms with Crippen molar-refractivity contribution in [2.24, 2.45) is 0 Å². The first kappa shape index (κ1) is 14.0. The molecule has 0 bridgehead atoms. The highest BCUT2D eigenvalue weighted by Crippen LogP contribution is 2.22. The molecule has 0 saturated heterocycles. The number of halogens is 1. The van der Waals surface area contributed by atoms with Crippen LogP contribution in [0.15, 0.2) is 29.2 Å². The number of nitro benzene ring substituents is 1. The minimum Gasteiger partial charge on any atom is -0.378 e. The topological polar surface area (TPSA) is 101 Å². The van der Waals surface area contributed by atoms with E-state index in [0.29, 0.717) is 17.8 Å². The smallest absolute Gasteiger partial charge is 0.285 e. The van der Waals surface area contributed by atoms with E-state index in [1.54, 1.807) is 19.1 Å². The van der Waals surface area contributed by atoms with Crippen LogP contribution < -0.4 is 10.9 Å². The largest absolute Gasteiger partial charge is 0.378 e. The van der Waals surface area contributed by atoms with Crippen molar-refractivity contribution in [2.75, 3.05) is 5.32 Å². The maximum absolute atomic E-state index is 11.3. The second kappa shape index (κ2) is 5.70. The fourth-order valence-corrected chi connectivity index (χ4v) is 1.91. The zero-order chi connectivity index (χ0) is 14.7. The van der Waals surface area contributed by atoms with Gasteiger partial charge in [0.05, 0.1) is 16.8 Å². The summed E-state index contributed by atoms with van der Waals surface area (Å²) in [5.74, 6) is 0. The summed E-state index contributed by atoms with van der Waals surface area (Å²) in [6.45, 7) is 1.98. The number of nitro groups is 1. The number of hydrogen-bond donors (Lipinski definition) is 2. The molecule has 0 aliphatic rings. The van der Waals surface area contributed by atoms with Crippen LogP contribution in [0.5, 0.6) is 0 Å². The first-order valence-electron chi connectivity index (χ1n) is 5.70. The first-order valence-corrected chi connectivity index (χ1v) is 6.08. The molecule has 1 aromatic heterocycles. The number of rotatable bonds is 4. The number of anilines is 1. The molecule has 0 atom stereocenters. The lowest BCUT2D eigenvalue weighted by Crippen LogP contribution is -2.12. The van der Waals surface area contributed by atoms with Gasteiger partial charge in [0, 0.05) is 18.2 Å². The van der Waals surface area contributed by atoms with Crippen molar-refractivity contribution in [3.05, 3.63) is 61.0 Å². The summed E-state index contributed by atoms with van der Waals surface area (Å²) in [6.07, 6.45) is 1.39. The molecular formula is C12H11ClN4O3. The third-order valence-corrected chi connectivity index (χ3v) is 3.25. The van der Waals surface area contributed by atoms with Gasteiger partial charge in [0.15, 0.2) is 0 Å². The van der Waals surface area contributed by atoms with Crippen molar-refractivity contribution in [3.63, 3.8) is 0 Å². The average Bonchev–Trinajstić information content (AvgIpc) is 2.41. The molecule has 0 fully saturated rings. The standard InChI is InChI=1S/C12H11ClN4O3/c1-7-8(3-2-4-10(7)17(19)20)5-14-9-6-15-16-12(18)11(9)13/h2-4,6H,5H2,1H3,(H2,14,16,18). The second-order valence-electron chi connectivity index (χ2n) is 4.10. The highest BCUT2D eigenvalue weighted by Gasteiger charge is 2.13. The number of benzene rings is 1. The Kier molecular flexibility index (Phi) is 3.99. The minimum atomic E-state index is -0.493. The van der Waals surface area contributed by atoms with Gasteiger partial charge in [-0.2, -0.15) is 5.10 Å². The van der Waals surface area contributed by atoms with E-state index in [4.69, 9.17) is 11.6 Å². The quantitative estimate of drug-likeness (QED) is 0.665. The summed E-state index contributed by atoms with van der Waals surface area (Å²) in [5, 5.41) is 19.6. The maximum atomic E-state index is 11.3. The molecule has 0 saturated carbocycles. The lowest BCUT2D eigenvalue weighted by molar-refractivity contribution is -0.385. The summed E-state index contributed by atoms with van der Waals surface area (Å²) in [6, 6.07) is 4.82. The van der Waals surface area contributed by atoms with Gasteiger partial charge in [-0.25, -0.2) is 5.10 Å². The Labute approximate surface area is 118 Å². The third-order valence-electron chi connectivity index (χ3n) is 2.88. The number of hydrogen-bond acceptors (Lipinski definition) is 5. The normalized spacial score (nSPS) is 10.3. The van der Waals surface area contributed by atoms with E-state index >= 15 is 0 Å². The molecule has 20 heavy (non-hydrogen) atoms. The van der Waals surface area contributed by atoms with Crippen LogP contribution in [0.2, 0.25) is 5.02 Å². The summed E-state index contributed by atoms with van der Waals surface area (Å²) in [7, 11) is 0. The van der Waals surface area contributed by atoms with Crippen LogP contribution in [0.25, 0.3) is 0 Å². The zero-order valence-corrected chi connectivity index (χ0v) is 11.3. The van der Waals surface area contributed by atoms with Crippen LogP contribution in [0.3, 0.4) is 0 Å². The Hall–Kier alpha value is -2.41. The number of nitrogens with zero attached hydrogens (tertiary/aromatic N) is 2. The van der Waals surface area contributed by atoms with E-state index < -0.39 is 10.5 Å². The van der Waals surface area contributed by atoms with Crippen molar-refractivity contribution in [1.82, 2.24) is 10.2 Å². The van der Waals surface area contributed by atoms with Crippen molar-refractivity contribution in [3.8, 4) is 0 Å². The highest BCUT2D eigenvalue weighted by molar-refractivity contribution is 6.32. The molecule has 0 amide bonds. The molecule has 2 N–H and O–H groups in total. The molecule has 2 rings (SSSR count). The van der Waals surface area contributed by atoms with Crippen molar-refractivity contribution in [2.45, 2.75) is 13.5 Å². The van der Waals surface area contributed by atoms with Crippen LogP contribution >= 0.6 is 11.6 Å². The van der Waals surface area contributed by atoms with Gasteiger partial charge in [0.25, 0.3) is 11.2 Å². The molecule has 7 nitrogen and oxygen atoms in total. The van der Waals surface area contributed by atoms with Gasteiger partial charge < -0.3 is 5.32 Å². The summed E-state index contributed by atoms with van der Waals surface area (Å²) >= 11 is 5.83. The second-order valence-corrected chi connectivity index (χ2v) is 4.48. The predicted octanol–water partition coefficient (Wildman–Crippen LogP) is 2.25. The van der Waals surface area contributed by atoms with Crippen molar-refractivity contribution < 1.29 is 4.92 Å². The van der Waals surface area contributed by atoms with E-state index in [9.17, 15) is 14.9 Å². The third kappa shape index (κ3) is 2.77. The molecular weight excluding hydrogens is 284 g/mol. The van der Waals surface area contributed by atoms with Gasteiger partial charge in [-0.1, -0.05) is 23.7 Å². The lowest BCUT2D eigenvalue weighted by Gasteiger charge is -2.09. The molecule has 0 spiro atoms. The predicted molar refractivity (Wildman–Crippen MR) is 75.0 cm³/mol. The Morgan fingerprint density at radius 2 is 2.25 bits per heavy atom. The van der Waals surface area contributed by atoms with Gasteiger partial charge >= 0.3 is 0 Å². The molecule has 0 aliphatic heterocycles. The monoisotopic (exact) mass is 294 g/mol. The minimum absolute atomic E-state index is 0.00286. The maximum Gasteiger partial charge on any atom is 0.285 e. The van der Waals surface area contributed by atoms with E-state index in [-0.39, 0.29) is 10.7 Å². The fourth-order valence-electron chi connectivity index (χ4n) is 1.76. The van der Waals surface area contributed by atoms with Gasteiger partial charge in [-0.05, 0) is 12.5 Å². The highest BCUT2D eigenvalue weighted by atomic mass is 35.5. The molecule has 0 aliphatic carbocycles. The molecule has 1 heterocycles. The zero-order valence-electron chi connectivity index (χ0n) is 10.5. The van der Waals surface area contributed by atoms with Crippen LogP contribution in [-0.4, -0.2) is 15.1 Å². The Balaban J connectivity index is 2.24. The lowest BCUT2D eigenvalue weighted by atomic mass is 10.1.